The highest BCUT2D eigenvalue weighted by Crippen LogP contribution is 2.21. The summed E-state index contributed by atoms with van der Waals surface area (Å²) in [5.74, 6) is -0.242. The van der Waals surface area contributed by atoms with Crippen LogP contribution in [0.1, 0.15) is 28.8 Å². The van der Waals surface area contributed by atoms with E-state index in [1.165, 1.54) is 0 Å². The van der Waals surface area contributed by atoms with Crippen molar-refractivity contribution in [3.05, 3.63) is 70.2 Å². The van der Waals surface area contributed by atoms with Gasteiger partial charge in [-0.15, -0.1) is 0 Å². The topological polar surface area (TPSA) is 63.8 Å². The second-order valence-corrected chi connectivity index (χ2v) is 7.33. The molecular formula is C22H21ClN2O3. The van der Waals surface area contributed by atoms with Gasteiger partial charge in [0.05, 0.1) is 11.8 Å². The minimum Gasteiger partial charge on any atom is -0.438 e. The van der Waals surface area contributed by atoms with Crippen molar-refractivity contribution in [1.82, 2.24) is 5.32 Å². The number of halogens is 1. The van der Waals surface area contributed by atoms with Gasteiger partial charge in [0.15, 0.2) is 0 Å². The summed E-state index contributed by atoms with van der Waals surface area (Å²) in [4.78, 5) is 17.5. The number of hydrogen-bond acceptors (Lipinski definition) is 4. The Kier molecular flexibility index (Phi) is 5.46. The van der Waals surface area contributed by atoms with Crippen LogP contribution in [0.4, 0.5) is 5.69 Å². The van der Waals surface area contributed by atoms with Crippen LogP contribution >= 0.6 is 11.6 Å². The summed E-state index contributed by atoms with van der Waals surface area (Å²) in [6.45, 7) is 3.19. The van der Waals surface area contributed by atoms with Crippen LogP contribution in [-0.2, 0) is 4.74 Å². The second-order valence-electron chi connectivity index (χ2n) is 6.89. The Morgan fingerprint density at radius 3 is 2.89 bits per heavy atom. The van der Waals surface area contributed by atoms with Gasteiger partial charge in [-0.1, -0.05) is 29.8 Å². The number of nitrogens with zero attached hydrogens (tertiary/aromatic N) is 1. The highest BCUT2D eigenvalue weighted by molar-refractivity contribution is 6.31. The molecule has 1 amide bonds. The largest absolute Gasteiger partial charge is 0.438 e. The number of nitrogens with one attached hydrogen (secondary N) is 1. The van der Waals surface area contributed by atoms with Crippen LogP contribution in [0.2, 0.25) is 5.02 Å². The molecule has 5 nitrogen and oxygen atoms in total. The number of benzene rings is 2. The van der Waals surface area contributed by atoms with Crippen molar-refractivity contribution in [1.29, 1.82) is 0 Å². The minimum absolute atomic E-state index is 0.0625. The standard InChI is InChI=1S/C22H21ClN2O3/c1-14-5-2-3-7-19(14)25-22-18(21(26)24-13-17-6-4-10-27-17)12-15-11-16(23)8-9-20(15)28-22/h2-3,5,7-9,11-12,17H,4,6,10,13H2,1H3,(H,24,26)/t17-/m1/s1. The Morgan fingerprint density at radius 1 is 1.25 bits per heavy atom. The van der Waals surface area contributed by atoms with E-state index >= 15 is 0 Å². The molecule has 0 aliphatic carbocycles. The van der Waals surface area contributed by atoms with E-state index in [9.17, 15) is 4.79 Å². The summed E-state index contributed by atoms with van der Waals surface area (Å²) in [6.07, 6.45) is 2.05. The van der Waals surface area contributed by atoms with E-state index in [0.717, 1.165) is 36.1 Å². The Bertz CT molecular complexity index is 1080. The van der Waals surface area contributed by atoms with Gasteiger partial charge in [-0.05, 0) is 55.7 Å². The molecule has 0 saturated carbocycles. The average molecular weight is 397 g/mol. The minimum atomic E-state index is -0.242. The molecule has 1 saturated heterocycles. The van der Waals surface area contributed by atoms with Crippen molar-refractivity contribution < 1.29 is 13.9 Å². The number of carbonyl (C=O) groups excluding carboxylic acids is 1. The molecular weight excluding hydrogens is 376 g/mol. The van der Waals surface area contributed by atoms with Crippen molar-refractivity contribution in [2.24, 2.45) is 4.99 Å². The van der Waals surface area contributed by atoms with Gasteiger partial charge in [0.1, 0.15) is 11.1 Å². The number of rotatable bonds is 4. The highest BCUT2D eigenvalue weighted by Gasteiger charge is 2.18. The molecule has 1 aliphatic rings. The smallest absolute Gasteiger partial charge is 0.256 e. The molecule has 1 N–H and O–H groups in total. The fourth-order valence-electron chi connectivity index (χ4n) is 3.25. The summed E-state index contributed by atoms with van der Waals surface area (Å²) < 4.78 is 11.6. The van der Waals surface area contributed by atoms with Crippen LogP contribution < -0.4 is 10.9 Å². The predicted molar refractivity (Wildman–Crippen MR) is 109 cm³/mol. The van der Waals surface area contributed by atoms with E-state index in [1.54, 1.807) is 24.3 Å². The molecule has 1 fully saturated rings. The van der Waals surface area contributed by atoms with Crippen LogP contribution in [-0.4, -0.2) is 25.2 Å². The van der Waals surface area contributed by atoms with Crippen LogP contribution in [0.5, 0.6) is 0 Å². The van der Waals surface area contributed by atoms with E-state index in [1.807, 2.05) is 31.2 Å². The van der Waals surface area contributed by atoms with Crippen molar-refractivity contribution in [3.8, 4) is 0 Å². The lowest BCUT2D eigenvalue weighted by Gasteiger charge is -2.11. The second kappa shape index (κ2) is 8.17. The molecule has 0 bridgehead atoms. The van der Waals surface area contributed by atoms with Gasteiger partial charge >= 0.3 is 0 Å². The zero-order chi connectivity index (χ0) is 19.5. The van der Waals surface area contributed by atoms with Gasteiger partial charge < -0.3 is 14.5 Å². The van der Waals surface area contributed by atoms with Gasteiger partial charge in [-0.25, -0.2) is 4.99 Å². The summed E-state index contributed by atoms with van der Waals surface area (Å²) in [5.41, 5.74) is 3.02. The highest BCUT2D eigenvalue weighted by atomic mass is 35.5. The van der Waals surface area contributed by atoms with E-state index < -0.39 is 0 Å². The first-order chi connectivity index (χ1) is 13.6. The Labute approximate surface area is 168 Å². The molecule has 1 aliphatic heterocycles. The first-order valence-corrected chi connectivity index (χ1v) is 9.71. The monoisotopic (exact) mass is 396 g/mol. The van der Waals surface area contributed by atoms with Crippen molar-refractivity contribution >= 4 is 34.2 Å². The molecule has 1 aromatic heterocycles. The predicted octanol–water partition coefficient (Wildman–Crippen LogP) is 4.54. The van der Waals surface area contributed by atoms with Crippen LogP contribution in [0.25, 0.3) is 11.0 Å². The zero-order valence-electron chi connectivity index (χ0n) is 15.6. The molecule has 0 radical (unpaired) electrons. The molecule has 2 aromatic carbocycles. The van der Waals surface area contributed by atoms with Gasteiger partial charge in [-0.3, -0.25) is 4.79 Å². The van der Waals surface area contributed by atoms with E-state index in [-0.39, 0.29) is 17.6 Å². The third kappa shape index (κ3) is 4.11. The van der Waals surface area contributed by atoms with E-state index in [2.05, 4.69) is 10.3 Å². The van der Waals surface area contributed by atoms with Gasteiger partial charge in [0.25, 0.3) is 5.91 Å². The van der Waals surface area contributed by atoms with Gasteiger partial charge in [-0.2, -0.15) is 0 Å². The fourth-order valence-corrected chi connectivity index (χ4v) is 3.43. The summed E-state index contributed by atoms with van der Waals surface area (Å²) >= 11 is 6.11. The number of amides is 1. The molecule has 0 spiro atoms. The summed E-state index contributed by atoms with van der Waals surface area (Å²) in [5, 5.41) is 4.27. The quantitative estimate of drug-likeness (QED) is 0.704. The Balaban J connectivity index is 1.77. The lowest BCUT2D eigenvalue weighted by Crippen LogP contribution is -2.34. The number of hydrogen-bond donors (Lipinski definition) is 1. The fraction of sp³-hybridized carbons (Fsp3) is 0.273. The first-order valence-electron chi connectivity index (χ1n) is 9.34. The molecule has 1 atom stereocenters. The molecule has 6 heteroatoms. The maximum atomic E-state index is 12.9. The molecule has 3 aromatic rings. The number of aryl methyl sites for hydroxylation is 1. The molecule has 2 heterocycles. The average Bonchev–Trinajstić information content (AvgIpc) is 3.21. The number of ether oxygens (including phenoxy) is 1. The SMILES string of the molecule is Cc1ccccc1N=c1oc2ccc(Cl)cc2cc1C(=O)NC[C@H]1CCCO1. The maximum absolute atomic E-state index is 12.9. The molecule has 0 unspecified atom stereocenters. The molecule has 28 heavy (non-hydrogen) atoms. The molecule has 144 valence electrons. The van der Waals surface area contributed by atoms with Crippen LogP contribution in [0, 0.1) is 6.92 Å². The lowest BCUT2D eigenvalue weighted by molar-refractivity contribution is 0.0854. The third-order valence-corrected chi connectivity index (χ3v) is 5.04. The maximum Gasteiger partial charge on any atom is 0.256 e. The molecule has 4 rings (SSSR count). The van der Waals surface area contributed by atoms with Gasteiger partial charge in [0, 0.05) is 23.6 Å². The summed E-state index contributed by atoms with van der Waals surface area (Å²) in [7, 11) is 0. The van der Waals surface area contributed by atoms with E-state index in [0.29, 0.717) is 22.7 Å². The normalized spacial score (nSPS) is 17.2. The van der Waals surface area contributed by atoms with Crippen LogP contribution in [0.3, 0.4) is 0 Å². The Hall–Kier alpha value is -2.63. The van der Waals surface area contributed by atoms with E-state index in [4.69, 9.17) is 20.8 Å². The number of carbonyl (C=O) groups is 1. The van der Waals surface area contributed by atoms with Crippen molar-refractivity contribution in [3.63, 3.8) is 0 Å². The summed E-state index contributed by atoms with van der Waals surface area (Å²) in [6, 6.07) is 14.8. The zero-order valence-corrected chi connectivity index (χ0v) is 16.3. The number of para-hydroxylation sites is 1. The Morgan fingerprint density at radius 2 is 2.11 bits per heavy atom. The van der Waals surface area contributed by atoms with Crippen molar-refractivity contribution in [2.45, 2.75) is 25.9 Å². The van der Waals surface area contributed by atoms with Gasteiger partial charge in [0.2, 0.25) is 5.55 Å². The van der Waals surface area contributed by atoms with Crippen molar-refractivity contribution in [2.75, 3.05) is 13.2 Å². The number of fused-ring (bicyclic) bond motifs is 1. The lowest BCUT2D eigenvalue weighted by atomic mass is 10.1. The van der Waals surface area contributed by atoms with Crippen LogP contribution in [0.15, 0.2) is 57.9 Å². The third-order valence-electron chi connectivity index (χ3n) is 4.81. The first kappa shape index (κ1) is 18.7.